The van der Waals surface area contributed by atoms with Gasteiger partial charge in [-0.2, -0.15) is 5.10 Å². The van der Waals surface area contributed by atoms with Gasteiger partial charge in [-0.3, -0.25) is 0 Å². The van der Waals surface area contributed by atoms with Crippen LogP contribution >= 0.6 is 0 Å². The summed E-state index contributed by atoms with van der Waals surface area (Å²) < 4.78 is 0. The largest absolute Gasteiger partial charge is 0.350 e. The molecule has 4 heteroatoms. The monoisotopic (exact) mass is 343 g/mol. The number of urea groups is 1. The Hall–Kier alpha value is -1.32. The lowest BCUT2D eigenvalue weighted by molar-refractivity contribution is 0.160. The van der Waals surface area contributed by atoms with Crippen molar-refractivity contribution in [1.29, 1.82) is 0 Å². The molecule has 138 valence electrons. The van der Waals surface area contributed by atoms with Gasteiger partial charge in [0.15, 0.2) is 0 Å². The predicted molar refractivity (Wildman–Crippen MR) is 101 cm³/mol. The highest BCUT2D eigenvalue weighted by atomic mass is 16.2. The van der Waals surface area contributed by atoms with E-state index in [0.29, 0.717) is 34.5 Å². The number of carbonyl (C=O) groups is 1. The van der Waals surface area contributed by atoms with Gasteiger partial charge in [-0.25, -0.2) is 10.2 Å². The molecule has 0 radical (unpaired) electrons. The standard InChI is InChI=1S/C21H33N3O/c1-10-13-7-12(20(10,3)4)8-15(13)17-16-9-14(11(2)21(16,5)6)18(17)23-24-19(22)25/h10-14,16H,7-9H2,1-6H3,(H3,22,24,25)/b17-15+,23-18-/t10-,11+,12+,13+,14-,16-/m1/s1. The number of nitrogens with two attached hydrogens (primary N) is 1. The Kier molecular flexibility index (Phi) is 3.50. The van der Waals surface area contributed by atoms with E-state index in [1.54, 1.807) is 5.57 Å². The number of amides is 2. The number of hydrogen-bond acceptors (Lipinski definition) is 2. The van der Waals surface area contributed by atoms with Crippen LogP contribution in [0.1, 0.15) is 60.8 Å². The Morgan fingerprint density at radius 3 is 2.28 bits per heavy atom. The first kappa shape index (κ1) is 17.1. The third-order valence-corrected chi connectivity index (χ3v) is 9.05. The molecule has 4 rings (SSSR count). The van der Waals surface area contributed by atoms with Crippen molar-refractivity contribution in [3.05, 3.63) is 11.1 Å². The van der Waals surface area contributed by atoms with E-state index in [0.717, 1.165) is 17.5 Å². The maximum atomic E-state index is 11.3. The van der Waals surface area contributed by atoms with E-state index < -0.39 is 6.03 Å². The van der Waals surface area contributed by atoms with Gasteiger partial charge in [-0.1, -0.05) is 47.1 Å². The lowest BCUT2D eigenvalue weighted by Gasteiger charge is -2.42. The van der Waals surface area contributed by atoms with Gasteiger partial charge in [0.1, 0.15) is 0 Å². The SMILES string of the molecule is C[C@@H]1[C@@H]2C[C@@H](C/C2=C2\C(=N/NC(N)=O)[C@@H]3C[C@H]2C(C)(C)[C@H]3C)C1(C)C. The maximum absolute atomic E-state index is 11.3. The Bertz CT molecular complexity index is 683. The van der Waals surface area contributed by atoms with Gasteiger partial charge >= 0.3 is 6.03 Å². The van der Waals surface area contributed by atoms with Crippen LogP contribution in [0.4, 0.5) is 4.79 Å². The van der Waals surface area contributed by atoms with Crippen LogP contribution in [0.2, 0.25) is 0 Å². The van der Waals surface area contributed by atoms with E-state index in [-0.39, 0.29) is 0 Å². The van der Waals surface area contributed by atoms with E-state index in [2.05, 4.69) is 52.1 Å². The molecule has 0 unspecified atom stereocenters. The average molecular weight is 344 g/mol. The molecule has 0 spiro atoms. The molecule has 2 amide bonds. The summed E-state index contributed by atoms with van der Waals surface area (Å²) in [6, 6.07) is -0.561. The van der Waals surface area contributed by atoms with E-state index >= 15 is 0 Å². The van der Waals surface area contributed by atoms with E-state index in [9.17, 15) is 4.79 Å². The molecule has 0 aromatic carbocycles. The van der Waals surface area contributed by atoms with Gasteiger partial charge in [0.05, 0.1) is 5.71 Å². The van der Waals surface area contributed by atoms with E-state index in [4.69, 9.17) is 5.73 Å². The van der Waals surface area contributed by atoms with Crippen molar-refractivity contribution < 1.29 is 4.79 Å². The van der Waals surface area contributed by atoms with Crippen LogP contribution in [0.15, 0.2) is 16.2 Å². The Balaban J connectivity index is 1.79. The summed E-state index contributed by atoms with van der Waals surface area (Å²) in [6.07, 6.45) is 3.74. The fourth-order valence-electron chi connectivity index (χ4n) is 6.68. The summed E-state index contributed by atoms with van der Waals surface area (Å²) in [5.41, 5.74) is 12.9. The summed E-state index contributed by atoms with van der Waals surface area (Å²) in [4.78, 5) is 11.3. The Morgan fingerprint density at radius 2 is 1.72 bits per heavy atom. The number of hydrazone groups is 1. The minimum atomic E-state index is -0.561. The molecule has 4 saturated carbocycles. The fourth-order valence-corrected chi connectivity index (χ4v) is 6.68. The first-order valence-corrected chi connectivity index (χ1v) is 9.93. The number of nitrogens with zero attached hydrogens (tertiary/aromatic N) is 1. The van der Waals surface area contributed by atoms with Crippen molar-refractivity contribution in [2.45, 2.75) is 60.8 Å². The van der Waals surface area contributed by atoms with Crippen molar-refractivity contribution in [1.82, 2.24) is 5.43 Å². The van der Waals surface area contributed by atoms with E-state index in [1.807, 2.05) is 0 Å². The first-order chi connectivity index (χ1) is 11.6. The van der Waals surface area contributed by atoms with Gasteiger partial charge in [0.2, 0.25) is 0 Å². The van der Waals surface area contributed by atoms with Crippen LogP contribution in [-0.2, 0) is 0 Å². The highest BCUT2D eigenvalue weighted by molar-refractivity contribution is 6.07. The van der Waals surface area contributed by atoms with Gasteiger partial charge in [0, 0.05) is 5.92 Å². The van der Waals surface area contributed by atoms with Gasteiger partial charge in [-0.05, 0) is 65.3 Å². The zero-order valence-corrected chi connectivity index (χ0v) is 16.5. The molecule has 0 aliphatic heterocycles. The Morgan fingerprint density at radius 1 is 1.08 bits per heavy atom. The highest BCUT2D eigenvalue weighted by Gasteiger charge is 2.60. The molecule has 0 heterocycles. The summed E-state index contributed by atoms with van der Waals surface area (Å²) in [6.45, 7) is 14.5. The lowest BCUT2D eigenvalue weighted by atomic mass is 9.62. The van der Waals surface area contributed by atoms with Crippen LogP contribution in [0.25, 0.3) is 0 Å². The van der Waals surface area contributed by atoms with Gasteiger partial charge in [0.25, 0.3) is 0 Å². The second-order valence-corrected chi connectivity index (χ2v) is 10.3. The quantitative estimate of drug-likeness (QED) is 0.684. The smallest absolute Gasteiger partial charge is 0.332 e. The average Bonchev–Trinajstić information content (AvgIpc) is 3.20. The highest BCUT2D eigenvalue weighted by Crippen LogP contribution is 2.66. The fraction of sp³-hybridized carbons (Fsp3) is 0.810. The zero-order chi connectivity index (χ0) is 18.3. The summed E-state index contributed by atoms with van der Waals surface area (Å²) in [7, 11) is 0. The van der Waals surface area contributed by atoms with Crippen molar-refractivity contribution in [3.63, 3.8) is 0 Å². The number of hydrogen-bond donors (Lipinski definition) is 2. The molecule has 4 fully saturated rings. The molecule has 3 N–H and O–H groups in total. The summed E-state index contributed by atoms with van der Waals surface area (Å²) in [5.74, 6) is 3.82. The van der Waals surface area contributed by atoms with Crippen LogP contribution in [-0.4, -0.2) is 11.7 Å². The number of rotatable bonds is 1. The van der Waals surface area contributed by atoms with Crippen LogP contribution < -0.4 is 11.2 Å². The number of primary amides is 1. The van der Waals surface area contributed by atoms with Gasteiger partial charge in [-0.15, -0.1) is 0 Å². The number of fused-ring (bicyclic) bond motifs is 4. The number of carbonyl (C=O) groups excluding carboxylic acids is 1. The topological polar surface area (TPSA) is 67.5 Å². The molecule has 0 aromatic rings. The number of allylic oxidation sites excluding steroid dienone is 2. The minimum absolute atomic E-state index is 0.305. The van der Waals surface area contributed by atoms with Crippen molar-refractivity contribution in [3.8, 4) is 0 Å². The molecule has 4 nitrogen and oxygen atoms in total. The first-order valence-electron chi connectivity index (χ1n) is 9.93. The van der Waals surface area contributed by atoms with Crippen LogP contribution in [0, 0.1) is 46.3 Å². The van der Waals surface area contributed by atoms with Crippen molar-refractivity contribution in [2.75, 3.05) is 0 Å². The van der Waals surface area contributed by atoms with Crippen LogP contribution in [0.5, 0.6) is 0 Å². The molecular formula is C21H33N3O. The molecule has 0 saturated heterocycles. The minimum Gasteiger partial charge on any atom is -0.350 e. The molecular weight excluding hydrogens is 310 g/mol. The molecule has 6 atom stereocenters. The van der Waals surface area contributed by atoms with Crippen molar-refractivity contribution in [2.24, 2.45) is 57.2 Å². The number of nitrogens with one attached hydrogen (secondary N) is 1. The molecule has 25 heavy (non-hydrogen) atoms. The van der Waals surface area contributed by atoms with E-state index in [1.165, 1.54) is 24.8 Å². The summed E-state index contributed by atoms with van der Waals surface area (Å²) >= 11 is 0. The molecule has 4 aliphatic carbocycles. The molecule has 4 bridgehead atoms. The molecule has 4 aliphatic rings. The van der Waals surface area contributed by atoms with Crippen molar-refractivity contribution >= 4 is 11.7 Å². The second kappa shape index (κ2) is 5.11. The second-order valence-electron chi connectivity index (χ2n) is 10.3. The zero-order valence-electron chi connectivity index (χ0n) is 16.5. The molecule has 0 aromatic heterocycles. The lowest BCUT2D eigenvalue weighted by Crippen LogP contribution is -2.39. The summed E-state index contributed by atoms with van der Waals surface area (Å²) in [5, 5.41) is 4.53. The van der Waals surface area contributed by atoms with Crippen LogP contribution in [0.3, 0.4) is 0 Å². The third-order valence-electron chi connectivity index (χ3n) is 9.05. The normalized spacial score (nSPS) is 47.7. The third kappa shape index (κ3) is 2.12. The maximum Gasteiger partial charge on any atom is 0.332 e. The Labute approximate surface area is 151 Å². The predicted octanol–water partition coefficient (Wildman–Crippen LogP) is 4.32. The van der Waals surface area contributed by atoms with Gasteiger partial charge < -0.3 is 5.73 Å².